The number of aryl methyl sites for hydroxylation is 2. The van der Waals surface area contributed by atoms with Crippen LogP contribution in [0.1, 0.15) is 19.4 Å². The average molecular weight is 174 g/mol. The van der Waals surface area contributed by atoms with Gasteiger partial charge in [-0.25, -0.2) is 4.98 Å². The van der Waals surface area contributed by atoms with Crippen LogP contribution in [0.25, 0.3) is 11.0 Å². The van der Waals surface area contributed by atoms with Crippen LogP contribution < -0.4 is 0 Å². The van der Waals surface area contributed by atoms with Gasteiger partial charge in [-0.15, -0.1) is 0 Å². The Bertz CT molecular complexity index is 415. The summed E-state index contributed by atoms with van der Waals surface area (Å²) in [4.78, 5) is 4.38. The van der Waals surface area contributed by atoms with Gasteiger partial charge in [-0.1, -0.05) is 6.92 Å². The lowest BCUT2D eigenvalue weighted by molar-refractivity contribution is 0.787. The van der Waals surface area contributed by atoms with E-state index in [0.717, 1.165) is 18.6 Å². The molecule has 0 spiro atoms. The van der Waals surface area contributed by atoms with Gasteiger partial charge < -0.3 is 4.57 Å². The minimum absolute atomic E-state index is 0.990. The molecule has 0 saturated heterocycles. The number of hydrogen-bond acceptors (Lipinski definition) is 1. The third-order valence-corrected chi connectivity index (χ3v) is 2.47. The maximum Gasteiger partial charge on any atom is 0.140 e. The first kappa shape index (κ1) is 8.30. The Balaban J connectivity index is 2.72. The fourth-order valence-corrected chi connectivity index (χ4v) is 1.71. The van der Waals surface area contributed by atoms with Crippen LogP contribution in [0.3, 0.4) is 0 Å². The summed E-state index contributed by atoms with van der Waals surface area (Å²) in [5, 5.41) is 1.30. The molecular weight excluding hydrogens is 160 g/mol. The highest BCUT2D eigenvalue weighted by Gasteiger charge is 2.03. The quantitative estimate of drug-likeness (QED) is 0.684. The van der Waals surface area contributed by atoms with Crippen LogP contribution in [0.4, 0.5) is 0 Å². The molecule has 0 aromatic carbocycles. The lowest BCUT2D eigenvalue weighted by Gasteiger charge is -2.01. The Morgan fingerprint density at radius 3 is 2.85 bits per heavy atom. The van der Waals surface area contributed by atoms with Crippen LogP contribution in [0.15, 0.2) is 24.5 Å². The van der Waals surface area contributed by atoms with Crippen molar-refractivity contribution in [2.24, 2.45) is 0 Å². The van der Waals surface area contributed by atoms with Crippen LogP contribution in [-0.4, -0.2) is 9.55 Å². The molecule has 0 amide bonds. The molecule has 0 atom stereocenters. The van der Waals surface area contributed by atoms with Crippen molar-refractivity contribution in [1.82, 2.24) is 9.55 Å². The van der Waals surface area contributed by atoms with Crippen molar-refractivity contribution >= 4 is 11.0 Å². The van der Waals surface area contributed by atoms with Crippen molar-refractivity contribution in [2.75, 3.05) is 0 Å². The fraction of sp³-hybridized carbons (Fsp3) is 0.364. The Morgan fingerprint density at radius 2 is 2.15 bits per heavy atom. The summed E-state index contributed by atoms with van der Waals surface area (Å²) in [5.74, 6) is 0. The Hall–Kier alpha value is -1.31. The van der Waals surface area contributed by atoms with Gasteiger partial charge in [0, 0.05) is 24.3 Å². The van der Waals surface area contributed by atoms with E-state index in [9.17, 15) is 0 Å². The highest BCUT2D eigenvalue weighted by Crippen LogP contribution is 2.18. The van der Waals surface area contributed by atoms with Gasteiger partial charge in [-0.3, -0.25) is 0 Å². The average Bonchev–Trinajstić information content (AvgIpc) is 2.60. The summed E-state index contributed by atoms with van der Waals surface area (Å²) in [6.45, 7) is 5.31. The van der Waals surface area contributed by atoms with E-state index in [2.05, 4.69) is 41.7 Å². The molecule has 2 heteroatoms. The monoisotopic (exact) mass is 174 g/mol. The van der Waals surface area contributed by atoms with Crippen LogP contribution in [0, 0.1) is 0 Å². The second-order valence-corrected chi connectivity index (χ2v) is 3.16. The van der Waals surface area contributed by atoms with E-state index in [-0.39, 0.29) is 0 Å². The van der Waals surface area contributed by atoms with Crippen molar-refractivity contribution in [1.29, 1.82) is 0 Å². The third kappa shape index (κ3) is 1.22. The molecule has 0 bridgehead atoms. The van der Waals surface area contributed by atoms with E-state index < -0.39 is 0 Å². The summed E-state index contributed by atoms with van der Waals surface area (Å²) < 4.78 is 2.18. The lowest BCUT2D eigenvalue weighted by Crippen LogP contribution is -1.93. The molecule has 2 nitrogen and oxygen atoms in total. The number of nitrogens with zero attached hydrogens (tertiary/aromatic N) is 2. The van der Waals surface area contributed by atoms with Gasteiger partial charge in [0.15, 0.2) is 0 Å². The van der Waals surface area contributed by atoms with E-state index in [1.165, 1.54) is 10.9 Å². The number of fused-ring (bicyclic) bond motifs is 1. The maximum atomic E-state index is 4.38. The number of rotatable bonds is 2. The van der Waals surface area contributed by atoms with Crippen LogP contribution in [-0.2, 0) is 13.0 Å². The molecule has 0 fully saturated rings. The molecule has 2 rings (SSSR count). The van der Waals surface area contributed by atoms with Crippen LogP contribution >= 0.6 is 0 Å². The molecule has 13 heavy (non-hydrogen) atoms. The summed E-state index contributed by atoms with van der Waals surface area (Å²) in [6.07, 6.45) is 5.08. The SMILES string of the molecule is CCc1ccnc2c1ccn2CC. The smallest absolute Gasteiger partial charge is 0.140 e. The zero-order valence-corrected chi connectivity index (χ0v) is 8.12. The normalized spacial score (nSPS) is 10.9. The summed E-state index contributed by atoms with van der Waals surface area (Å²) in [5.41, 5.74) is 2.50. The lowest BCUT2D eigenvalue weighted by atomic mass is 10.1. The van der Waals surface area contributed by atoms with Gasteiger partial charge in [0.25, 0.3) is 0 Å². The summed E-state index contributed by atoms with van der Waals surface area (Å²) >= 11 is 0. The van der Waals surface area contributed by atoms with E-state index in [4.69, 9.17) is 0 Å². The molecule has 0 unspecified atom stereocenters. The van der Waals surface area contributed by atoms with Gasteiger partial charge in [0.05, 0.1) is 0 Å². The molecule has 0 aliphatic rings. The molecule has 0 N–H and O–H groups in total. The third-order valence-electron chi connectivity index (χ3n) is 2.47. The number of aromatic nitrogens is 2. The largest absolute Gasteiger partial charge is 0.333 e. The number of hydrogen-bond donors (Lipinski definition) is 0. The van der Waals surface area contributed by atoms with Crippen molar-refractivity contribution in [3.05, 3.63) is 30.1 Å². The molecule has 0 radical (unpaired) electrons. The second-order valence-electron chi connectivity index (χ2n) is 3.16. The van der Waals surface area contributed by atoms with Crippen molar-refractivity contribution in [3.8, 4) is 0 Å². The standard InChI is InChI=1S/C11H14N2/c1-3-9-5-7-12-11-10(9)6-8-13(11)4-2/h5-8H,3-4H2,1-2H3. The molecular formula is C11H14N2. The van der Waals surface area contributed by atoms with E-state index in [1.54, 1.807) is 0 Å². The Labute approximate surface area is 78.2 Å². The number of pyridine rings is 1. The van der Waals surface area contributed by atoms with Gasteiger partial charge >= 0.3 is 0 Å². The van der Waals surface area contributed by atoms with Gasteiger partial charge in [0.2, 0.25) is 0 Å². The van der Waals surface area contributed by atoms with Gasteiger partial charge in [0.1, 0.15) is 5.65 Å². The van der Waals surface area contributed by atoms with Crippen molar-refractivity contribution in [2.45, 2.75) is 26.8 Å². The topological polar surface area (TPSA) is 17.8 Å². The first-order valence-corrected chi connectivity index (χ1v) is 4.79. The highest BCUT2D eigenvalue weighted by molar-refractivity contribution is 5.79. The summed E-state index contributed by atoms with van der Waals surface area (Å²) in [6, 6.07) is 4.26. The van der Waals surface area contributed by atoms with E-state index in [1.807, 2.05) is 6.20 Å². The van der Waals surface area contributed by atoms with Crippen LogP contribution in [0.2, 0.25) is 0 Å². The molecule has 2 aromatic rings. The fourth-order valence-electron chi connectivity index (χ4n) is 1.71. The van der Waals surface area contributed by atoms with Gasteiger partial charge in [-0.05, 0) is 31.0 Å². The molecule has 2 aromatic heterocycles. The predicted octanol–water partition coefficient (Wildman–Crippen LogP) is 2.62. The zero-order valence-electron chi connectivity index (χ0n) is 8.12. The van der Waals surface area contributed by atoms with Crippen molar-refractivity contribution in [3.63, 3.8) is 0 Å². The highest BCUT2D eigenvalue weighted by atomic mass is 15.0. The van der Waals surface area contributed by atoms with Crippen LogP contribution in [0.5, 0.6) is 0 Å². The Morgan fingerprint density at radius 1 is 1.31 bits per heavy atom. The molecule has 2 heterocycles. The molecule has 0 aliphatic heterocycles. The first-order chi connectivity index (χ1) is 6.36. The minimum Gasteiger partial charge on any atom is -0.333 e. The zero-order chi connectivity index (χ0) is 9.26. The summed E-state index contributed by atoms with van der Waals surface area (Å²) in [7, 11) is 0. The van der Waals surface area contributed by atoms with E-state index >= 15 is 0 Å². The van der Waals surface area contributed by atoms with E-state index in [0.29, 0.717) is 0 Å². The van der Waals surface area contributed by atoms with Crippen molar-refractivity contribution < 1.29 is 0 Å². The molecule has 0 aliphatic carbocycles. The minimum atomic E-state index is 0.990. The molecule has 0 saturated carbocycles. The second kappa shape index (κ2) is 3.21. The van der Waals surface area contributed by atoms with Gasteiger partial charge in [-0.2, -0.15) is 0 Å². The molecule has 68 valence electrons. The maximum absolute atomic E-state index is 4.38. The Kier molecular flexibility index (Phi) is 2.05. The predicted molar refractivity (Wildman–Crippen MR) is 54.8 cm³/mol. The first-order valence-electron chi connectivity index (χ1n) is 4.79.